The van der Waals surface area contributed by atoms with Crippen LogP contribution in [0.1, 0.15) is 42.1 Å². The normalized spacial score (nSPS) is 18.4. The Balaban J connectivity index is 1.77. The van der Waals surface area contributed by atoms with Crippen molar-refractivity contribution in [2.45, 2.75) is 24.8 Å². The Kier molecular flexibility index (Phi) is 3.57. The topological polar surface area (TPSA) is 74.2 Å². The third kappa shape index (κ3) is 2.67. The fraction of sp³-hybridized carbons (Fsp3) is 0.429. The van der Waals surface area contributed by atoms with E-state index in [1.165, 1.54) is 0 Å². The molecule has 1 aromatic carbocycles. The van der Waals surface area contributed by atoms with Crippen molar-refractivity contribution >= 4 is 0 Å². The summed E-state index contributed by atoms with van der Waals surface area (Å²) in [5.41, 5.74) is 7.11. The first-order chi connectivity index (χ1) is 9.34. The van der Waals surface area contributed by atoms with E-state index in [0.717, 1.165) is 31.6 Å². The third-order valence-corrected chi connectivity index (χ3v) is 3.45. The molecule has 2 aromatic rings. The zero-order valence-corrected chi connectivity index (χ0v) is 10.7. The predicted molar refractivity (Wildman–Crippen MR) is 69.6 cm³/mol. The van der Waals surface area contributed by atoms with Gasteiger partial charge in [-0.1, -0.05) is 30.3 Å². The summed E-state index contributed by atoms with van der Waals surface area (Å²) in [5.74, 6) is 1.47. The van der Waals surface area contributed by atoms with Crippen LogP contribution in [0.4, 0.5) is 0 Å². The van der Waals surface area contributed by atoms with Crippen LogP contribution < -0.4 is 5.73 Å². The molecule has 0 spiro atoms. The molecule has 100 valence electrons. The largest absolute Gasteiger partial charge is 0.423 e. The lowest BCUT2D eigenvalue weighted by Crippen LogP contribution is -2.14. The van der Waals surface area contributed by atoms with Crippen molar-refractivity contribution in [3.8, 4) is 0 Å². The molecule has 1 fully saturated rings. The average molecular weight is 259 g/mol. The van der Waals surface area contributed by atoms with E-state index in [0.29, 0.717) is 17.7 Å². The van der Waals surface area contributed by atoms with E-state index in [9.17, 15) is 0 Å². The lowest BCUT2D eigenvalue weighted by atomic mass is 10.0. The van der Waals surface area contributed by atoms with Crippen LogP contribution in [0.5, 0.6) is 0 Å². The van der Waals surface area contributed by atoms with E-state index >= 15 is 0 Å². The Morgan fingerprint density at radius 1 is 1.11 bits per heavy atom. The molecule has 0 amide bonds. The summed E-state index contributed by atoms with van der Waals surface area (Å²) in [6, 6.07) is 9.42. The van der Waals surface area contributed by atoms with Crippen LogP contribution in [0.25, 0.3) is 0 Å². The summed E-state index contributed by atoms with van der Waals surface area (Å²) in [6.45, 7) is 1.51. The minimum atomic E-state index is -0.359. The number of hydrogen-bond acceptors (Lipinski definition) is 5. The molecular weight excluding hydrogens is 242 g/mol. The molecule has 0 bridgehead atoms. The Hall–Kier alpha value is -1.72. The monoisotopic (exact) mass is 259 g/mol. The Bertz CT molecular complexity index is 520. The fourth-order valence-electron chi connectivity index (χ4n) is 2.28. The SMILES string of the molecule is NC(c1ccccc1)c1nnc(C2CCOCC2)o1. The van der Waals surface area contributed by atoms with Crippen molar-refractivity contribution in [2.24, 2.45) is 5.73 Å². The Morgan fingerprint density at radius 2 is 1.84 bits per heavy atom. The zero-order valence-electron chi connectivity index (χ0n) is 10.7. The number of nitrogens with zero attached hydrogens (tertiary/aromatic N) is 2. The highest BCUT2D eigenvalue weighted by Crippen LogP contribution is 2.27. The van der Waals surface area contributed by atoms with E-state index in [1.54, 1.807) is 0 Å². The summed E-state index contributed by atoms with van der Waals surface area (Å²) in [7, 11) is 0. The second-order valence-corrected chi connectivity index (χ2v) is 4.75. The molecule has 0 saturated carbocycles. The van der Waals surface area contributed by atoms with Gasteiger partial charge in [0.2, 0.25) is 11.8 Å². The Morgan fingerprint density at radius 3 is 2.58 bits per heavy atom. The minimum Gasteiger partial charge on any atom is -0.423 e. The number of hydrogen-bond donors (Lipinski definition) is 1. The highest BCUT2D eigenvalue weighted by atomic mass is 16.5. The first-order valence-corrected chi connectivity index (χ1v) is 6.56. The van der Waals surface area contributed by atoms with Crippen molar-refractivity contribution in [1.29, 1.82) is 0 Å². The van der Waals surface area contributed by atoms with Gasteiger partial charge in [-0.2, -0.15) is 0 Å². The molecule has 2 heterocycles. The van der Waals surface area contributed by atoms with Crippen LogP contribution in [0.3, 0.4) is 0 Å². The molecule has 1 saturated heterocycles. The lowest BCUT2D eigenvalue weighted by Gasteiger charge is -2.18. The van der Waals surface area contributed by atoms with Gasteiger partial charge in [0.05, 0.1) is 0 Å². The predicted octanol–water partition coefficient (Wildman–Crippen LogP) is 2.01. The lowest BCUT2D eigenvalue weighted by molar-refractivity contribution is 0.0791. The van der Waals surface area contributed by atoms with Crippen LogP contribution in [-0.2, 0) is 4.74 Å². The van der Waals surface area contributed by atoms with Crippen molar-refractivity contribution in [2.75, 3.05) is 13.2 Å². The number of aromatic nitrogens is 2. The van der Waals surface area contributed by atoms with E-state index in [4.69, 9.17) is 14.9 Å². The van der Waals surface area contributed by atoms with Crippen molar-refractivity contribution < 1.29 is 9.15 Å². The second-order valence-electron chi connectivity index (χ2n) is 4.75. The molecule has 5 heteroatoms. The van der Waals surface area contributed by atoms with Crippen LogP contribution in [0.2, 0.25) is 0 Å². The van der Waals surface area contributed by atoms with Crippen molar-refractivity contribution in [3.05, 3.63) is 47.7 Å². The molecule has 0 aliphatic carbocycles. The van der Waals surface area contributed by atoms with E-state index in [2.05, 4.69) is 10.2 Å². The Labute approximate surface area is 111 Å². The van der Waals surface area contributed by atoms with Gasteiger partial charge in [-0.25, -0.2) is 0 Å². The highest BCUT2D eigenvalue weighted by Gasteiger charge is 2.23. The number of ether oxygens (including phenoxy) is 1. The molecule has 1 aromatic heterocycles. The second kappa shape index (κ2) is 5.50. The number of rotatable bonds is 3. The molecule has 3 rings (SSSR count). The molecule has 5 nitrogen and oxygen atoms in total. The molecule has 1 aliphatic rings. The average Bonchev–Trinajstić information content (AvgIpc) is 2.98. The zero-order chi connectivity index (χ0) is 13.1. The molecule has 1 aliphatic heterocycles. The molecule has 2 N–H and O–H groups in total. The van der Waals surface area contributed by atoms with Crippen LogP contribution in [0.15, 0.2) is 34.7 Å². The van der Waals surface area contributed by atoms with Crippen molar-refractivity contribution in [1.82, 2.24) is 10.2 Å². The third-order valence-electron chi connectivity index (χ3n) is 3.45. The van der Waals surface area contributed by atoms with E-state index in [-0.39, 0.29) is 6.04 Å². The van der Waals surface area contributed by atoms with Gasteiger partial charge in [0.1, 0.15) is 6.04 Å². The first kappa shape index (κ1) is 12.3. The van der Waals surface area contributed by atoms with Gasteiger partial charge in [-0.15, -0.1) is 10.2 Å². The minimum absolute atomic E-state index is 0.304. The van der Waals surface area contributed by atoms with E-state index < -0.39 is 0 Å². The molecule has 1 unspecified atom stereocenters. The van der Waals surface area contributed by atoms with Gasteiger partial charge in [-0.3, -0.25) is 0 Å². The molecule has 1 atom stereocenters. The maximum absolute atomic E-state index is 6.14. The first-order valence-electron chi connectivity index (χ1n) is 6.56. The van der Waals surface area contributed by atoms with E-state index in [1.807, 2.05) is 30.3 Å². The molecule has 0 radical (unpaired) electrons. The van der Waals surface area contributed by atoms with Crippen LogP contribution in [-0.4, -0.2) is 23.4 Å². The van der Waals surface area contributed by atoms with Gasteiger partial charge in [-0.05, 0) is 18.4 Å². The smallest absolute Gasteiger partial charge is 0.237 e. The summed E-state index contributed by atoms with van der Waals surface area (Å²) < 4.78 is 11.1. The summed E-state index contributed by atoms with van der Waals surface area (Å²) in [6.07, 6.45) is 1.87. The molecular formula is C14H17N3O2. The summed E-state index contributed by atoms with van der Waals surface area (Å²) in [5, 5.41) is 8.22. The quantitative estimate of drug-likeness (QED) is 0.912. The summed E-state index contributed by atoms with van der Waals surface area (Å²) in [4.78, 5) is 0. The highest BCUT2D eigenvalue weighted by molar-refractivity contribution is 5.22. The van der Waals surface area contributed by atoms with Gasteiger partial charge in [0.15, 0.2) is 0 Å². The van der Waals surface area contributed by atoms with Crippen LogP contribution >= 0.6 is 0 Å². The summed E-state index contributed by atoms with van der Waals surface area (Å²) >= 11 is 0. The standard InChI is InChI=1S/C14H17N3O2/c15-12(10-4-2-1-3-5-10)14-17-16-13(19-14)11-6-8-18-9-7-11/h1-5,11-12H,6-9,15H2. The number of benzene rings is 1. The molecule has 19 heavy (non-hydrogen) atoms. The van der Waals surface area contributed by atoms with Gasteiger partial charge in [0.25, 0.3) is 0 Å². The van der Waals surface area contributed by atoms with Gasteiger partial charge >= 0.3 is 0 Å². The number of nitrogens with two attached hydrogens (primary N) is 1. The fourth-order valence-corrected chi connectivity index (χ4v) is 2.28. The maximum atomic E-state index is 6.14. The van der Waals surface area contributed by atoms with Crippen LogP contribution in [0, 0.1) is 0 Å². The van der Waals surface area contributed by atoms with Gasteiger partial charge in [0, 0.05) is 19.1 Å². The maximum Gasteiger partial charge on any atom is 0.237 e. The van der Waals surface area contributed by atoms with Gasteiger partial charge < -0.3 is 14.9 Å². The van der Waals surface area contributed by atoms with Crippen molar-refractivity contribution in [3.63, 3.8) is 0 Å².